The Hall–Kier alpha value is -3.55. The second-order valence-corrected chi connectivity index (χ2v) is 5.72. The SMILES string of the molecule is CCOC(=O)c1n[nH]nc1-c1cccc(OC)c1OCc1cccc(OC)c1. The Morgan fingerprint density at radius 1 is 1.07 bits per heavy atom. The number of nitrogens with one attached hydrogen (secondary N) is 1. The number of aromatic nitrogens is 3. The lowest BCUT2D eigenvalue weighted by Gasteiger charge is -2.15. The van der Waals surface area contributed by atoms with Gasteiger partial charge in [-0.25, -0.2) is 4.79 Å². The highest BCUT2D eigenvalue weighted by molar-refractivity contribution is 5.95. The molecule has 2 aromatic carbocycles. The highest BCUT2D eigenvalue weighted by Crippen LogP contribution is 2.38. The Balaban J connectivity index is 1.96. The van der Waals surface area contributed by atoms with Crippen molar-refractivity contribution < 1.29 is 23.7 Å². The number of carbonyl (C=O) groups is 1. The summed E-state index contributed by atoms with van der Waals surface area (Å²) in [6.45, 7) is 2.24. The average molecular weight is 383 g/mol. The monoisotopic (exact) mass is 383 g/mol. The van der Waals surface area contributed by atoms with E-state index < -0.39 is 5.97 Å². The van der Waals surface area contributed by atoms with E-state index in [0.29, 0.717) is 22.8 Å². The number of hydrogen-bond acceptors (Lipinski definition) is 7. The van der Waals surface area contributed by atoms with E-state index in [1.165, 1.54) is 0 Å². The van der Waals surface area contributed by atoms with Crippen molar-refractivity contribution in [2.75, 3.05) is 20.8 Å². The minimum Gasteiger partial charge on any atom is -0.497 e. The zero-order chi connectivity index (χ0) is 19.9. The van der Waals surface area contributed by atoms with Crippen LogP contribution in [0.5, 0.6) is 17.2 Å². The van der Waals surface area contributed by atoms with Crippen LogP contribution in [0.1, 0.15) is 23.0 Å². The molecule has 0 spiro atoms. The van der Waals surface area contributed by atoms with E-state index in [1.807, 2.05) is 24.3 Å². The maximum absolute atomic E-state index is 12.2. The van der Waals surface area contributed by atoms with Gasteiger partial charge >= 0.3 is 5.97 Å². The predicted molar refractivity (Wildman–Crippen MR) is 102 cm³/mol. The third kappa shape index (κ3) is 4.06. The van der Waals surface area contributed by atoms with E-state index in [-0.39, 0.29) is 18.9 Å². The molecule has 146 valence electrons. The molecular weight excluding hydrogens is 362 g/mol. The van der Waals surface area contributed by atoms with Crippen LogP contribution in [0, 0.1) is 0 Å². The van der Waals surface area contributed by atoms with Gasteiger partial charge in [0.05, 0.1) is 26.4 Å². The van der Waals surface area contributed by atoms with E-state index in [2.05, 4.69) is 15.4 Å². The molecule has 0 saturated carbocycles. The van der Waals surface area contributed by atoms with Crippen molar-refractivity contribution in [1.82, 2.24) is 15.4 Å². The normalized spacial score (nSPS) is 10.4. The molecule has 28 heavy (non-hydrogen) atoms. The smallest absolute Gasteiger partial charge is 0.361 e. The van der Waals surface area contributed by atoms with Gasteiger partial charge in [-0.15, -0.1) is 5.10 Å². The van der Waals surface area contributed by atoms with Gasteiger partial charge in [0.1, 0.15) is 18.1 Å². The van der Waals surface area contributed by atoms with Crippen LogP contribution < -0.4 is 14.2 Å². The Morgan fingerprint density at radius 3 is 2.64 bits per heavy atom. The van der Waals surface area contributed by atoms with E-state index >= 15 is 0 Å². The van der Waals surface area contributed by atoms with E-state index in [1.54, 1.807) is 39.3 Å². The summed E-state index contributed by atoms with van der Waals surface area (Å²) in [6.07, 6.45) is 0. The van der Waals surface area contributed by atoms with Crippen molar-refractivity contribution in [1.29, 1.82) is 0 Å². The first kappa shape index (κ1) is 19.2. The van der Waals surface area contributed by atoms with Crippen molar-refractivity contribution in [3.05, 3.63) is 53.7 Å². The zero-order valence-corrected chi connectivity index (χ0v) is 15.9. The number of benzene rings is 2. The maximum atomic E-state index is 12.2. The predicted octanol–water partition coefficient (Wildman–Crippen LogP) is 3.24. The zero-order valence-electron chi connectivity index (χ0n) is 15.9. The number of esters is 1. The van der Waals surface area contributed by atoms with Crippen molar-refractivity contribution in [3.63, 3.8) is 0 Å². The Labute approximate surface area is 162 Å². The molecule has 0 saturated heterocycles. The van der Waals surface area contributed by atoms with Crippen LogP contribution in [-0.4, -0.2) is 42.2 Å². The largest absolute Gasteiger partial charge is 0.497 e. The third-order valence-corrected chi connectivity index (χ3v) is 3.99. The molecule has 1 N–H and O–H groups in total. The summed E-state index contributed by atoms with van der Waals surface area (Å²) >= 11 is 0. The fourth-order valence-electron chi connectivity index (χ4n) is 2.69. The maximum Gasteiger partial charge on any atom is 0.361 e. The van der Waals surface area contributed by atoms with Crippen molar-refractivity contribution in [2.24, 2.45) is 0 Å². The van der Waals surface area contributed by atoms with Gasteiger partial charge in [-0.05, 0) is 36.8 Å². The van der Waals surface area contributed by atoms with Crippen molar-refractivity contribution >= 4 is 5.97 Å². The number of ether oxygens (including phenoxy) is 4. The summed E-state index contributed by atoms with van der Waals surface area (Å²) in [4.78, 5) is 12.2. The van der Waals surface area contributed by atoms with E-state index in [9.17, 15) is 4.79 Å². The van der Waals surface area contributed by atoms with E-state index in [0.717, 1.165) is 11.3 Å². The Bertz CT molecular complexity index is 955. The molecule has 0 bridgehead atoms. The summed E-state index contributed by atoms with van der Waals surface area (Å²) in [7, 11) is 3.16. The number of nitrogens with zero attached hydrogens (tertiary/aromatic N) is 2. The Kier molecular flexibility index (Phi) is 6.11. The van der Waals surface area contributed by atoms with Gasteiger partial charge < -0.3 is 18.9 Å². The van der Waals surface area contributed by atoms with Crippen LogP contribution in [0.2, 0.25) is 0 Å². The number of methoxy groups -OCH3 is 2. The summed E-state index contributed by atoms with van der Waals surface area (Å²) in [5, 5.41) is 10.5. The molecule has 0 fully saturated rings. The molecule has 8 nitrogen and oxygen atoms in total. The fourth-order valence-corrected chi connectivity index (χ4v) is 2.69. The van der Waals surface area contributed by atoms with Crippen LogP contribution in [0.25, 0.3) is 11.3 Å². The first-order chi connectivity index (χ1) is 13.7. The highest BCUT2D eigenvalue weighted by atomic mass is 16.5. The second-order valence-electron chi connectivity index (χ2n) is 5.72. The molecule has 3 rings (SSSR count). The minimum atomic E-state index is -0.562. The van der Waals surface area contributed by atoms with Gasteiger partial charge in [0.15, 0.2) is 17.2 Å². The molecule has 8 heteroatoms. The molecule has 0 radical (unpaired) electrons. The van der Waals surface area contributed by atoms with Gasteiger partial charge in [0, 0.05) is 0 Å². The van der Waals surface area contributed by atoms with Gasteiger partial charge in [-0.1, -0.05) is 18.2 Å². The minimum absolute atomic E-state index is 0.0846. The van der Waals surface area contributed by atoms with Gasteiger partial charge in [-0.3, -0.25) is 0 Å². The molecule has 1 aromatic heterocycles. The quantitative estimate of drug-likeness (QED) is 0.597. The van der Waals surface area contributed by atoms with Gasteiger partial charge in [0.2, 0.25) is 0 Å². The second kappa shape index (κ2) is 8.90. The van der Waals surface area contributed by atoms with Crippen LogP contribution in [0.4, 0.5) is 0 Å². The molecule has 0 amide bonds. The Morgan fingerprint density at radius 2 is 1.89 bits per heavy atom. The van der Waals surface area contributed by atoms with Crippen LogP contribution in [-0.2, 0) is 11.3 Å². The summed E-state index contributed by atoms with van der Waals surface area (Å²) in [5.41, 5.74) is 1.90. The van der Waals surface area contributed by atoms with Crippen molar-refractivity contribution in [3.8, 4) is 28.5 Å². The summed E-state index contributed by atoms with van der Waals surface area (Å²) in [6, 6.07) is 12.9. The number of hydrogen-bond donors (Lipinski definition) is 1. The van der Waals surface area contributed by atoms with E-state index in [4.69, 9.17) is 18.9 Å². The van der Waals surface area contributed by atoms with Crippen molar-refractivity contribution in [2.45, 2.75) is 13.5 Å². The molecule has 0 aliphatic heterocycles. The fraction of sp³-hybridized carbons (Fsp3) is 0.250. The lowest BCUT2D eigenvalue weighted by molar-refractivity contribution is 0.0520. The molecular formula is C20H21N3O5. The topological polar surface area (TPSA) is 95.6 Å². The number of H-pyrrole nitrogens is 1. The number of carbonyl (C=O) groups excluding carboxylic acids is 1. The molecule has 0 aliphatic rings. The first-order valence-electron chi connectivity index (χ1n) is 8.68. The van der Waals surface area contributed by atoms with Gasteiger partial charge in [0.25, 0.3) is 0 Å². The highest BCUT2D eigenvalue weighted by Gasteiger charge is 2.23. The number of rotatable bonds is 8. The lowest BCUT2D eigenvalue weighted by atomic mass is 10.1. The van der Waals surface area contributed by atoms with Crippen LogP contribution in [0.15, 0.2) is 42.5 Å². The average Bonchev–Trinajstić information content (AvgIpc) is 3.22. The standard InChI is InChI=1S/C20H21N3O5/c1-4-27-20(24)18-17(21-23-22-18)15-9-6-10-16(26-3)19(15)28-12-13-7-5-8-14(11-13)25-2/h5-11H,4,12H2,1-3H3,(H,21,22,23). The summed E-state index contributed by atoms with van der Waals surface area (Å²) < 4.78 is 21.8. The lowest BCUT2D eigenvalue weighted by Crippen LogP contribution is -2.07. The third-order valence-electron chi connectivity index (χ3n) is 3.99. The molecule has 0 unspecified atom stereocenters. The van der Waals surface area contributed by atoms with Crippen LogP contribution >= 0.6 is 0 Å². The van der Waals surface area contributed by atoms with Crippen LogP contribution in [0.3, 0.4) is 0 Å². The molecule has 1 heterocycles. The number of aromatic amines is 1. The summed E-state index contributed by atoms with van der Waals surface area (Å²) in [5.74, 6) is 1.14. The van der Waals surface area contributed by atoms with Gasteiger partial charge in [-0.2, -0.15) is 10.3 Å². The molecule has 0 aliphatic carbocycles. The molecule has 3 aromatic rings. The number of para-hydroxylation sites is 1. The molecule has 0 atom stereocenters. The first-order valence-corrected chi connectivity index (χ1v) is 8.68.